The number of carbonyl (C=O) groups is 1. The molecule has 0 saturated heterocycles. The Morgan fingerprint density at radius 3 is 2.53 bits per heavy atom. The standard InChI is InChI=1S/C10H12ClNO4S/c1-17(15,16)6-2-3-7(8(11)4-6)9(12)5-10(13)14/h2-4,9H,5,12H2,1H3,(H,13,14). The van der Waals surface area contributed by atoms with Crippen LogP contribution in [-0.2, 0) is 14.6 Å². The average Bonchev–Trinajstić information content (AvgIpc) is 2.14. The second kappa shape index (κ2) is 5.03. The lowest BCUT2D eigenvalue weighted by Crippen LogP contribution is -2.15. The maximum absolute atomic E-state index is 11.3. The molecule has 5 nitrogen and oxygen atoms in total. The highest BCUT2D eigenvalue weighted by molar-refractivity contribution is 7.90. The summed E-state index contributed by atoms with van der Waals surface area (Å²) in [5.74, 6) is -1.04. The molecule has 94 valence electrons. The van der Waals surface area contributed by atoms with Gasteiger partial charge in [-0.15, -0.1) is 0 Å². The van der Waals surface area contributed by atoms with E-state index in [2.05, 4.69) is 0 Å². The molecule has 0 aromatic heterocycles. The lowest BCUT2D eigenvalue weighted by Gasteiger charge is -2.12. The number of carboxylic acid groups (broad SMARTS) is 1. The number of nitrogens with two attached hydrogens (primary N) is 1. The summed E-state index contributed by atoms with van der Waals surface area (Å²) in [7, 11) is -3.33. The van der Waals surface area contributed by atoms with Crippen LogP contribution in [0.15, 0.2) is 23.1 Å². The van der Waals surface area contributed by atoms with E-state index in [0.717, 1.165) is 6.26 Å². The van der Waals surface area contributed by atoms with Gasteiger partial charge in [-0.3, -0.25) is 4.79 Å². The lowest BCUT2D eigenvalue weighted by molar-refractivity contribution is -0.137. The Morgan fingerprint density at radius 2 is 2.12 bits per heavy atom. The van der Waals surface area contributed by atoms with E-state index < -0.39 is 21.8 Å². The van der Waals surface area contributed by atoms with Gasteiger partial charge >= 0.3 is 5.97 Å². The Hall–Kier alpha value is -1.11. The normalized spacial score (nSPS) is 13.4. The van der Waals surface area contributed by atoms with Gasteiger partial charge in [-0.05, 0) is 17.7 Å². The molecular formula is C10H12ClNO4S. The van der Waals surface area contributed by atoms with Crippen molar-refractivity contribution in [3.63, 3.8) is 0 Å². The highest BCUT2D eigenvalue weighted by Crippen LogP contribution is 2.26. The van der Waals surface area contributed by atoms with E-state index in [1.165, 1.54) is 18.2 Å². The molecule has 0 saturated carbocycles. The minimum absolute atomic E-state index is 0.0776. The highest BCUT2D eigenvalue weighted by Gasteiger charge is 2.16. The van der Waals surface area contributed by atoms with Crippen molar-refractivity contribution in [3.05, 3.63) is 28.8 Å². The minimum atomic E-state index is -3.33. The van der Waals surface area contributed by atoms with Gasteiger partial charge in [0.25, 0.3) is 0 Å². The van der Waals surface area contributed by atoms with Gasteiger partial charge in [-0.1, -0.05) is 17.7 Å². The lowest BCUT2D eigenvalue weighted by atomic mass is 10.1. The topological polar surface area (TPSA) is 97.5 Å². The Balaban J connectivity index is 3.10. The second-order valence-electron chi connectivity index (χ2n) is 3.66. The molecule has 0 aliphatic rings. The summed E-state index contributed by atoms with van der Waals surface area (Å²) in [6, 6.07) is 3.31. The fourth-order valence-electron chi connectivity index (χ4n) is 1.34. The van der Waals surface area contributed by atoms with E-state index in [1.54, 1.807) is 0 Å². The van der Waals surface area contributed by atoms with Crippen LogP contribution in [0, 0.1) is 0 Å². The molecule has 17 heavy (non-hydrogen) atoms. The summed E-state index contributed by atoms with van der Waals surface area (Å²) < 4.78 is 22.5. The number of carboxylic acids is 1. The van der Waals surface area contributed by atoms with Gasteiger partial charge < -0.3 is 10.8 Å². The second-order valence-corrected chi connectivity index (χ2v) is 6.08. The van der Waals surface area contributed by atoms with Crippen LogP contribution in [-0.4, -0.2) is 25.7 Å². The third kappa shape index (κ3) is 3.69. The van der Waals surface area contributed by atoms with Gasteiger partial charge in [0.05, 0.1) is 11.3 Å². The number of rotatable bonds is 4. The summed E-state index contributed by atoms with van der Waals surface area (Å²) in [4.78, 5) is 10.6. The molecule has 0 amide bonds. The van der Waals surface area contributed by atoms with Crippen LogP contribution in [0.2, 0.25) is 5.02 Å². The van der Waals surface area contributed by atoms with Crippen molar-refractivity contribution in [1.29, 1.82) is 0 Å². The molecule has 1 aromatic rings. The summed E-state index contributed by atoms with van der Waals surface area (Å²) in [6.45, 7) is 0. The third-order valence-corrected chi connectivity index (χ3v) is 3.63. The number of hydrogen-bond donors (Lipinski definition) is 2. The number of halogens is 1. The predicted molar refractivity (Wildman–Crippen MR) is 63.7 cm³/mol. The van der Waals surface area contributed by atoms with Crippen LogP contribution in [0.25, 0.3) is 0 Å². The van der Waals surface area contributed by atoms with Crippen molar-refractivity contribution < 1.29 is 18.3 Å². The molecule has 0 aliphatic carbocycles. The first-order valence-electron chi connectivity index (χ1n) is 4.68. The van der Waals surface area contributed by atoms with Crippen molar-refractivity contribution in [3.8, 4) is 0 Å². The Labute approximate surface area is 104 Å². The van der Waals surface area contributed by atoms with Crippen LogP contribution in [0.1, 0.15) is 18.0 Å². The van der Waals surface area contributed by atoms with Crippen molar-refractivity contribution in [1.82, 2.24) is 0 Å². The van der Waals surface area contributed by atoms with Gasteiger partial charge in [0.2, 0.25) is 0 Å². The molecule has 7 heteroatoms. The zero-order chi connectivity index (χ0) is 13.2. The van der Waals surface area contributed by atoms with E-state index >= 15 is 0 Å². The zero-order valence-corrected chi connectivity index (χ0v) is 10.6. The molecule has 0 bridgehead atoms. The maximum Gasteiger partial charge on any atom is 0.305 e. The molecule has 1 unspecified atom stereocenters. The van der Waals surface area contributed by atoms with Crippen LogP contribution >= 0.6 is 11.6 Å². The monoisotopic (exact) mass is 277 g/mol. The van der Waals surface area contributed by atoms with E-state index in [1.807, 2.05) is 0 Å². The minimum Gasteiger partial charge on any atom is -0.481 e. The van der Waals surface area contributed by atoms with Crippen molar-refractivity contribution in [2.24, 2.45) is 5.73 Å². The van der Waals surface area contributed by atoms with Gasteiger partial charge in [0.15, 0.2) is 9.84 Å². The van der Waals surface area contributed by atoms with Crippen LogP contribution in [0.3, 0.4) is 0 Å². The molecule has 3 N–H and O–H groups in total. The van der Waals surface area contributed by atoms with Crippen LogP contribution in [0.5, 0.6) is 0 Å². The number of hydrogen-bond acceptors (Lipinski definition) is 4. The van der Waals surface area contributed by atoms with Gasteiger partial charge in [0, 0.05) is 17.3 Å². The maximum atomic E-state index is 11.3. The Bertz CT molecular complexity index is 541. The van der Waals surface area contributed by atoms with Gasteiger partial charge in [0.1, 0.15) is 0 Å². The summed E-state index contributed by atoms with van der Waals surface area (Å²) in [5, 5.41) is 8.76. The van der Waals surface area contributed by atoms with Crippen molar-refractivity contribution in [2.45, 2.75) is 17.4 Å². The summed E-state index contributed by atoms with van der Waals surface area (Å²) in [6.07, 6.45) is 0.799. The molecule has 0 radical (unpaired) electrons. The van der Waals surface area contributed by atoms with Crippen LogP contribution in [0.4, 0.5) is 0 Å². The first kappa shape index (κ1) is 14.0. The number of sulfone groups is 1. The van der Waals surface area contributed by atoms with E-state index in [9.17, 15) is 13.2 Å². The molecule has 0 heterocycles. The van der Waals surface area contributed by atoms with E-state index in [4.69, 9.17) is 22.4 Å². The molecule has 0 spiro atoms. The first-order chi connectivity index (χ1) is 7.71. The number of benzene rings is 1. The van der Waals surface area contributed by atoms with Crippen molar-refractivity contribution >= 4 is 27.4 Å². The predicted octanol–water partition coefficient (Wildman–Crippen LogP) is 1.22. The fourth-order valence-corrected chi connectivity index (χ4v) is 2.37. The van der Waals surface area contributed by atoms with Crippen LogP contribution < -0.4 is 5.73 Å². The highest BCUT2D eigenvalue weighted by atomic mass is 35.5. The Kier molecular flexibility index (Phi) is 4.13. The first-order valence-corrected chi connectivity index (χ1v) is 6.95. The Morgan fingerprint density at radius 1 is 1.53 bits per heavy atom. The smallest absolute Gasteiger partial charge is 0.305 e. The van der Waals surface area contributed by atoms with Gasteiger partial charge in [-0.2, -0.15) is 0 Å². The fraction of sp³-hybridized carbons (Fsp3) is 0.300. The third-order valence-electron chi connectivity index (χ3n) is 2.19. The van der Waals surface area contributed by atoms with Gasteiger partial charge in [-0.25, -0.2) is 8.42 Å². The van der Waals surface area contributed by atoms with E-state index in [0.29, 0.717) is 5.56 Å². The molecule has 1 aromatic carbocycles. The summed E-state index contributed by atoms with van der Waals surface area (Å²) in [5.41, 5.74) is 6.06. The van der Waals surface area contributed by atoms with Crippen molar-refractivity contribution in [2.75, 3.05) is 6.26 Å². The largest absolute Gasteiger partial charge is 0.481 e. The molecule has 1 rings (SSSR count). The zero-order valence-electron chi connectivity index (χ0n) is 9.05. The summed E-state index contributed by atoms with van der Waals surface area (Å²) >= 11 is 5.88. The number of aliphatic carboxylic acids is 1. The average molecular weight is 278 g/mol. The molecule has 0 fully saturated rings. The quantitative estimate of drug-likeness (QED) is 0.862. The molecular weight excluding hydrogens is 266 g/mol. The SMILES string of the molecule is CS(=O)(=O)c1ccc(C(N)CC(=O)O)c(Cl)c1. The molecule has 0 aliphatic heterocycles. The molecule has 1 atom stereocenters. The van der Waals surface area contributed by atoms with E-state index in [-0.39, 0.29) is 16.3 Å².